The van der Waals surface area contributed by atoms with Crippen LogP contribution >= 0.6 is 11.6 Å². The molecule has 0 atom stereocenters. The summed E-state index contributed by atoms with van der Waals surface area (Å²) in [6.45, 7) is 3.31. The largest absolute Gasteiger partial charge is 0.489 e. The van der Waals surface area contributed by atoms with Gasteiger partial charge < -0.3 is 14.8 Å². The Labute approximate surface area is 112 Å². The predicted molar refractivity (Wildman–Crippen MR) is 71.5 cm³/mol. The van der Waals surface area contributed by atoms with Crippen molar-refractivity contribution in [1.82, 2.24) is 5.32 Å². The van der Waals surface area contributed by atoms with Crippen molar-refractivity contribution in [3.8, 4) is 11.5 Å². The van der Waals surface area contributed by atoms with Gasteiger partial charge in [0.25, 0.3) is 0 Å². The summed E-state index contributed by atoms with van der Waals surface area (Å²) in [5.74, 6) is 2.37. The summed E-state index contributed by atoms with van der Waals surface area (Å²) < 4.78 is 11.3. The fraction of sp³-hybridized carbons (Fsp3) is 0.571. The minimum Gasteiger partial charge on any atom is -0.489 e. The molecule has 1 aliphatic heterocycles. The molecule has 1 fully saturated rings. The summed E-state index contributed by atoms with van der Waals surface area (Å²) in [4.78, 5) is 0. The standard InChI is InChI=1S/C14H18ClNO2/c15-12-6-11(9-16-8-10-2-3-10)7-13-14(12)18-5-1-4-17-13/h6-7,10,16H,1-5,8-9H2. The molecule has 1 aliphatic carbocycles. The van der Waals surface area contributed by atoms with E-state index >= 15 is 0 Å². The molecule has 2 aliphatic rings. The van der Waals surface area contributed by atoms with E-state index in [2.05, 4.69) is 5.32 Å². The Morgan fingerprint density at radius 3 is 2.89 bits per heavy atom. The summed E-state index contributed by atoms with van der Waals surface area (Å²) in [6.07, 6.45) is 3.64. The van der Waals surface area contributed by atoms with Gasteiger partial charge in [0.2, 0.25) is 0 Å². The second kappa shape index (κ2) is 5.37. The van der Waals surface area contributed by atoms with Crippen molar-refractivity contribution in [2.75, 3.05) is 19.8 Å². The van der Waals surface area contributed by atoms with E-state index in [1.807, 2.05) is 12.1 Å². The Hall–Kier alpha value is -0.930. The van der Waals surface area contributed by atoms with Gasteiger partial charge in [-0.15, -0.1) is 0 Å². The van der Waals surface area contributed by atoms with Crippen LogP contribution in [0.3, 0.4) is 0 Å². The van der Waals surface area contributed by atoms with E-state index in [4.69, 9.17) is 21.1 Å². The monoisotopic (exact) mass is 267 g/mol. The maximum atomic E-state index is 6.24. The molecule has 1 N–H and O–H groups in total. The third-order valence-corrected chi connectivity index (χ3v) is 3.60. The zero-order valence-corrected chi connectivity index (χ0v) is 11.1. The molecule has 1 aromatic rings. The Bertz CT molecular complexity index is 432. The van der Waals surface area contributed by atoms with E-state index in [1.54, 1.807) is 0 Å². The number of hydrogen-bond donors (Lipinski definition) is 1. The van der Waals surface area contributed by atoms with E-state index < -0.39 is 0 Å². The number of fused-ring (bicyclic) bond motifs is 1. The number of benzene rings is 1. The summed E-state index contributed by atoms with van der Waals surface area (Å²) >= 11 is 6.24. The van der Waals surface area contributed by atoms with Gasteiger partial charge in [-0.25, -0.2) is 0 Å². The summed E-state index contributed by atoms with van der Waals surface area (Å²) in [5, 5.41) is 4.11. The smallest absolute Gasteiger partial charge is 0.179 e. The summed E-state index contributed by atoms with van der Waals surface area (Å²) in [6, 6.07) is 4.00. The summed E-state index contributed by atoms with van der Waals surface area (Å²) in [7, 11) is 0. The van der Waals surface area contributed by atoms with Gasteiger partial charge in [-0.3, -0.25) is 0 Å². The van der Waals surface area contributed by atoms with E-state index in [0.29, 0.717) is 24.0 Å². The topological polar surface area (TPSA) is 30.5 Å². The fourth-order valence-electron chi connectivity index (χ4n) is 2.13. The lowest BCUT2D eigenvalue weighted by molar-refractivity contribution is 0.297. The molecule has 0 spiro atoms. The number of nitrogens with one attached hydrogen (secondary N) is 1. The van der Waals surface area contributed by atoms with Crippen LogP contribution in [0.2, 0.25) is 5.02 Å². The van der Waals surface area contributed by atoms with Crippen LogP contribution < -0.4 is 14.8 Å². The number of halogens is 1. The minimum atomic E-state index is 0.651. The third-order valence-electron chi connectivity index (χ3n) is 3.32. The van der Waals surface area contributed by atoms with Gasteiger partial charge in [0, 0.05) is 13.0 Å². The highest BCUT2D eigenvalue weighted by molar-refractivity contribution is 6.32. The van der Waals surface area contributed by atoms with Crippen LogP contribution in [0.5, 0.6) is 11.5 Å². The van der Waals surface area contributed by atoms with Gasteiger partial charge >= 0.3 is 0 Å². The molecule has 0 unspecified atom stereocenters. The van der Waals surface area contributed by atoms with Crippen molar-refractivity contribution in [1.29, 1.82) is 0 Å². The Morgan fingerprint density at radius 1 is 1.22 bits per heavy atom. The van der Waals surface area contributed by atoms with E-state index in [-0.39, 0.29) is 0 Å². The van der Waals surface area contributed by atoms with Crippen molar-refractivity contribution >= 4 is 11.6 Å². The molecule has 3 rings (SSSR count). The zero-order chi connectivity index (χ0) is 12.4. The van der Waals surface area contributed by atoms with Crippen LogP contribution in [-0.4, -0.2) is 19.8 Å². The van der Waals surface area contributed by atoms with Crippen LogP contribution in [0.15, 0.2) is 12.1 Å². The molecule has 4 heteroatoms. The second-order valence-corrected chi connectivity index (χ2v) is 5.44. The van der Waals surface area contributed by atoms with Gasteiger partial charge in [-0.1, -0.05) is 11.6 Å². The Kier molecular flexibility index (Phi) is 3.62. The maximum absolute atomic E-state index is 6.24. The van der Waals surface area contributed by atoms with Gasteiger partial charge in [0.1, 0.15) is 0 Å². The first-order chi connectivity index (χ1) is 8.83. The lowest BCUT2D eigenvalue weighted by Crippen LogP contribution is -2.16. The van der Waals surface area contributed by atoms with E-state index in [1.165, 1.54) is 12.8 Å². The van der Waals surface area contributed by atoms with Crippen LogP contribution in [-0.2, 0) is 6.54 Å². The highest BCUT2D eigenvalue weighted by atomic mass is 35.5. The Morgan fingerprint density at radius 2 is 2.06 bits per heavy atom. The molecule has 1 aromatic carbocycles. The van der Waals surface area contributed by atoms with Crippen molar-refractivity contribution in [2.45, 2.75) is 25.8 Å². The van der Waals surface area contributed by atoms with Crippen LogP contribution in [0.25, 0.3) is 0 Å². The average molecular weight is 268 g/mol. The van der Waals surface area contributed by atoms with Crippen LogP contribution in [0, 0.1) is 5.92 Å². The van der Waals surface area contributed by atoms with Crippen molar-refractivity contribution in [3.05, 3.63) is 22.7 Å². The second-order valence-electron chi connectivity index (χ2n) is 5.03. The molecule has 0 bridgehead atoms. The molecule has 0 amide bonds. The average Bonchev–Trinajstić information content (AvgIpc) is 3.15. The lowest BCUT2D eigenvalue weighted by atomic mass is 10.2. The fourth-order valence-corrected chi connectivity index (χ4v) is 2.42. The van der Waals surface area contributed by atoms with Crippen LogP contribution in [0.1, 0.15) is 24.8 Å². The highest BCUT2D eigenvalue weighted by Gasteiger charge is 2.20. The first-order valence-electron chi connectivity index (χ1n) is 6.61. The van der Waals surface area contributed by atoms with Crippen LogP contribution in [0.4, 0.5) is 0 Å². The Balaban J connectivity index is 1.70. The molecule has 0 aromatic heterocycles. The zero-order valence-electron chi connectivity index (χ0n) is 10.4. The highest BCUT2D eigenvalue weighted by Crippen LogP contribution is 2.38. The number of rotatable bonds is 4. The maximum Gasteiger partial charge on any atom is 0.179 e. The predicted octanol–water partition coefficient (Wildman–Crippen LogP) is 3.00. The van der Waals surface area contributed by atoms with Crippen molar-refractivity contribution < 1.29 is 9.47 Å². The number of ether oxygens (including phenoxy) is 2. The van der Waals surface area contributed by atoms with Gasteiger partial charge in [0.15, 0.2) is 11.5 Å². The molecule has 1 saturated carbocycles. The van der Waals surface area contributed by atoms with Gasteiger partial charge in [-0.05, 0) is 43.0 Å². The molecular formula is C14H18ClNO2. The van der Waals surface area contributed by atoms with Gasteiger partial charge in [-0.2, -0.15) is 0 Å². The van der Waals surface area contributed by atoms with E-state index in [9.17, 15) is 0 Å². The first kappa shape index (κ1) is 12.1. The van der Waals surface area contributed by atoms with Crippen molar-refractivity contribution in [3.63, 3.8) is 0 Å². The molecule has 1 heterocycles. The first-order valence-corrected chi connectivity index (χ1v) is 6.99. The quantitative estimate of drug-likeness (QED) is 0.910. The molecule has 98 valence electrons. The summed E-state index contributed by atoms with van der Waals surface area (Å²) in [5.41, 5.74) is 1.16. The normalized spacial score (nSPS) is 18.5. The molecule has 3 nitrogen and oxygen atoms in total. The molecule has 18 heavy (non-hydrogen) atoms. The number of hydrogen-bond acceptors (Lipinski definition) is 3. The molecular weight excluding hydrogens is 250 g/mol. The third kappa shape index (κ3) is 2.90. The van der Waals surface area contributed by atoms with Crippen molar-refractivity contribution in [2.24, 2.45) is 5.92 Å². The minimum absolute atomic E-state index is 0.651. The van der Waals surface area contributed by atoms with E-state index in [0.717, 1.165) is 36.7 Å². The lowest BCUT2D eigenvalue weighted by Gasteiger charge is -2.12. The molecule has 0 radical (unpaired) electrons. The molecule has 0 saturated heterocycles. The van der Waals surface area contributed by atoms with Gasteiger partial charge in [0.05, 0.1) is 18.2 Å². The SMILES string of the molecule is Clc1cc(CNCC2CC2)cc2c1OCCCO2.